The fourth-order valence-electron chi connectivity index (χ4n) is 3.80. The third-order valence-electron chi connectivity index (χ3n) is 4.46. The van der Waals surface area contributed by atoms with E-state index in [-0.39, 0.29) is 0 Å². The molecule has 2 saturated carbocycles. The van der Waals surface area contributed by atoms with E-state index in [0.717, 1.165) is 18.4 Å². The Kier molecular flexibility index (Phi) is 1.52. The highest BCUT2D eigenvalue weighted by Crippen LogP contribution is 2.54. The van der Waals surface area contributed by atoms with Crippen molar-refractivity contribution in [2.75, 3.05) is 6.61 Å². The Morgan fingerprint density at radius 2 is 1.42 bits per heavy atom. The lowest BCUT2D eigenvalue weighted by Crippen LogP contribution is -2.59. The molecule has 1 saturated heterocycles. The largest absolute Gasteiger partial charge is 0.374 e. The standard InChI is InChI=1S/C11H18O/c1-3-9-5-2-6-10(4-1)11(9)7-8-12-11/h9-10H,1-8H2. The quantitative estimate of drug-likeness (QED) is 0.537. The first-order valence-corrected chi connectivity index (χ1v) is 5.56. The van der Waals surface area contributed by atoms with Gasteiger partial charge < -0.3 is 4.74 Å². The van der Waals surface area contributed by atoms with Crippen LogP contribution in [0.25, 0.3) is 0 Å². The van der Waals surface area contributed by atoms with Gasteiger partial charge in [0, 0.05) is 6.42 Å². The highest BCUT2D eigenvalue weighted by atomic mass is 16.5. The first-order chi connectivity index (χ1) is 5.92. The summed E-state index contributed by atoms with van der Waals surface area (Å²) in [4.78, 5) is 0. The topological polar surface area (TPSA) is 9.23 Å². The third kappa shape index (κ3) is 0.783. The van der Waals surface area contributed by atoms with Crippen molar-refractivity contribution >= 4 is 0 Å². The molecule has 0 aromatic heterocycles. The Balaban J connectivity index is 1.88. The second-order valence-electron chi connectivity index (χ2n) is 4.81. The predicted molar refractivity (Wildman–Crippen MR) is 48.0 cm³/mol. The summed E-state index contributed by atoms with van der Waals surface area (Å²) in [7, 11) is 0. The van der Waals surface area contributed by atoms with Crippen LogP contribution in [0.2, 0.25) is 0 Å². The van der Waals surface area contributed by atoms with Crippen molar-refractivity contribution in [3.8, 4) is 0 Å². The predicted octanol–water partition coefficient (Wildman–Crippen LogP) is 2.75. The zero-order valence-electron chi connectivity index (χ0n) is 7.72. The Labute approximate surface area is 74.5 Å². The first kappa shape index (κ1) is 7.37. The Bertz CT molecular complexity index is 159. The zero-order valence-corrected chi connectivity index (χ0v) is 7.72. The van der Waals surface area contributed by atoms with Crippen LogP contribution in [0.4, 0.5) is 0 Å². The van der Waals surface area contributed by atoms with Crippen LogP contribution in [0.1, 0.15) is 44.9 Å². The van der Waals surface area contributed by atoms with Crippen molar-refractivity contribution in [1.82, 2.24) is 0 Å². The van der Waals surface area contributed by atoms with Crippen LogP contribution in [0.15, 0.2) is 0 Å². The van der Waals surface area contributed by atoms with Crippen LogP contribution in [-0.4, -0.2) is 12.2 Å². The van der Waals surface area contributed by atoms with Crippen LogP contribution >= 0.6 is 0 Å². The van der Waals surface area contributed by atoms with Gasteiger partial charge in [-0.2, -0.15) is 0 Å². The van der Waals surface area contributed by atoms with E-state index in [1.54, 1.807) is 0 Å². The first-order valence-electron chi connectivity index (χ1n) is 5.56. The molecule has 0 amide bonds. The van der Waals surface area contributed by atoms with Crippen molar-refractivity contribution in [3.05, 3.63) is 0 Å². The van der Waals surface area contributed by atoms with Crippen LogP contribution in [0, 0.1) is 11.8 Å². The molecule has 1 heterocycles. The summed E-state index contributed by atoms with van der Waals surface area (Å²) in [5.74, 6) is 1.89. The van der Waals surface area contributed by atoms with E-state index in [9.17, 15) is 0 Å². The van der Waals surface area contributed by atoms with Gasteiger partial charge in [0.25, 0.3) is 0 Å². The summed E-state index contributed by atoms with van der Waals surface area (Å²) in [6.07, 6.45) is 10.1. The van der Waals surface area contributed by atoms with Crippen LogP contribution in [-0.2, 0) is 4.74 Å². The van der Waals surface area contributed by atoms with Gasteiger partial charge in [-0.05, 0) is 37.5 Å². The smallest absolute Gasteiger partial charge is 0.0760 e. The molecule has 3 rings (SSSR count). The molecule has 1 nitrogen and oxygen atoms in total. The molecule has 1 heteroatoms. The van der Waals surface area contributed by atoms with E-state index >= 15 is 0 Å². The minimum absolute atomic E-state index is 0.413. The summed E-state index contributed by atoms with van der Waals surface area (Å²) >= 11 is 0. The molecular formula is C11H18O. The molecule has 3 aliphatic rings. The Morgan fingerprint density at radius 3 is 1.67 bits per heavy atom. The van der Waals surface area contributed by atoms with E-state index in [1.807, 2.05) is 0 Å². The number of hydrogen-bond acceptors (Lipinski definition) is 1. The van der Waals surface area contributed by atoms with E-state index in [2.05, 4.69) is 0 Å². The lowest BCUT2D eigenvalue weighted by atomic mass is 9.58. The monoisotopic (exact) mass is 166 g/mol. The second kappa shape index (κ2) is 2.47. The third-order valence-corrected chi connectivity index (χ3v) is 4.46. The molecule has 0 N–H and O–H groups in total. The maximum atomic E-state index is 5.93. The van der Waals surface area contributed by atoms with Crippen LogP contribution in [0.3, 0.4) is 0 Å². The molecule has 2 bridgehead atoms. The zero-order chi connectivity index (χ0) is 8.02. The number of rotatable bonds is 0. The number of ether oxygens (including phenoxy) is 1. The maximum absolute atomic E-state index is 5.93. The van der Waals surface area contributed by atoms with Gasteiger partial charge in [-0.25, -0.2) is 0 Å². The molecule has 12 heavy (non-hydrogen) atoms. The number of hydrogen-bond donors (Lipinski definition) is 0. The fourth-order valence-corrected chi connectivity index (χ4v) is 3.80. The summed E-state index contributed by atoms with van der Waals surface area (Å²) in [6, 6.07) is 0. The van der Waals surface area contributed by atoms with Crippen molar-refractivity contribution < 1.29 is 4.74 Å². The van der Waals surface area contributed by atoms with Crippen molar-refractivity contribution in [3.63, 3.8) is 0 Å². The normalized spacial score (nSPS) is 52.0. The van der Waals surface area contributed by atoms with Gasteiger partial charge in [-0.3, -0.25) is 0 Å². The minimum atomic E-state index is 0.413. The second-order valence-corrected chi connectivity index (χ2v) is 4.81. The van der Waals surface area contributed by atoms with Gasteiger partial charge >= 0.3 is 0 Å². The molecule has 68 valence electrons. The summed E-state index contributed by atoms with van der Waals surface area (Å²) in [5, 5.41) is 0. The van der Waals surface area contributed by atoms with Crippen molar-refractivity contribution in [2.24, 2.45) is 11.8 Å². The summed E-state index contributed by atoms with van der Waals surface area (Å²) in [6.45, 7) is 1.05. The fraction of sp³-hybridized carbons (Fsp3) is 1.00. The van der Waals surface area contributed by atoms with Crippen LogP contribution < -0.4 is 0 Å². The molecule has 0 atom stereocenters. The lowest BCUT2D eigenvalue weighted by Gasteiger charge is -2.58. The lowest BCUT2D eigenvalue weighted by molar-refractivity contribution is -0.240. The van der Waals surface area contributed by atoms with Gasteiger partial charge in [0.1, 0.15) is 0 Å². The molecule has 3 fully saturated rings. The summed E-state index contributed by atoms with van der Waals surface area (Å²) in [5.41, 5.74) is 0.413. The Hall–Kier alpha value is -0.0400. The summed E-state index contributed by atoms with van der Waals surface area (Å²) < 4.78 is 5.93. The molecule has 2 aliphatic carbocycles. The van der Waals surface area contributed by atoms with E-state index in [4.69, 9.17) is 4.74 Å². The SMILES string of the molecule is C1CC2CCCC(C1)C21CCO1. The van der Waals surface area contributed by atoms with Gasteiger partial charge in [0.2, 0.25) is 0 Å². The van der Waals surface area contributed by atoms with Gasteiger partial charge in [0.15, 0.2) is 0 Å². The molecular weight excluding hydrogens is 148 g/mol. The van der Waals surface area contributed by atoms with E-state index in [0.29, 0.717) is 5.60 Å². The highest BCUT2D eigenvalue weighted by Gasteiger charge is 2.54. The van der Waals surface area contributed by atoms with Gasteiger partial charge in [-0.1, -0.05) is 12.8 Å². The average Bonchev–Trinajstić information content (AvgIpc) is 1.99. The van der Waals surface area contributed by atoms with E-state index < -0.39 is 0 Å². The molecule has 0 radical (unpaired) electrons. The Morgan fingerprint density at radius 1 is 0.917 bits per heavy atom. The molecule has 1 spiro atoms. The average molecular weight is 166 g/mol. The highest BCUT2D eigenvalue weighted by molar-refractivity contribution is 5.03. The molecule has 1 aliphatic heterocycles. The van der Waals surface area contributed by atoms with Crippen molar-refractivity contribution in [2.45, 2.75) is 50.5 Å². The van der Waals surface area contributed by atoms with Gasteiger partial charge in [-0.15, -0.1) is 0 Å². The van der Waals surface area contributed by atoms with E-state index in [1.165, 1.54) is 44.9 Å². The molecule has 0 unspecified atom stereocenters. The maximum Gasteiger partial charge on any atom is 0.0760 e. The van der Waals surface area contributed by atoms with Gasteiger partial charge in [0.05, 0.1) is 12.2 Å². The van der Waals surface area contributed by atoms with Crippen molar-refractivity contribution in [1.29, 1.82) is 0 Å². The molecule has 0 aromatic carbocycles. The minimum Gasteiger partial charge on any atom is -0.374 e. The van der Waals surface area contributed by atoms with Crippen LogP contribution in [0.5, 0.6) is 0 Å². The molecule has 0 aromatic rings.